The molecule has 0 aliphatic heterocycles. The molecule has 0 radical (unpaired) electrons. The Morgan fingerprint density at radius 2 is 0.602 bits per heavy atom. The van der Waals surface area contributed by atoms with Crippen molar-refractivity contribution in [1.29, 1.82) is 0 Å². The van der Waals surface area contributed by atoms with Crippen LogP contribution in [0.25, 0.3) is 66.5 Å². The lowest BCUT2D eigenvalue weighted by molar-refractivity contribution is -0.133. The maximum Gasteiger partial charge on any atom is 0.333 e. The van der Waals surface area contributed by atoms with Crippen molar-refractivity contribution in [2.75, 3.05) is 11.2 Å². The molecule has 8 aromatic carbocycles. The summed E-state index contributed by atoms with van der Waals surface area (Å²) in [6.45, 7) is 29.6. The van der Waals surface area contributed by atoms with E-state index in [1.54, 1.807) is 84.6 Å². The molecule has 8 aromatic rings. The van der Waals surface area contributed by atoms with Crippen molar-refractivity contribution in [2.45, 2.75) is 4.90 Å². The van der Waals surface area contributed by atoms with Crippen molar-refractivity contribution in [3.63, 3.8) is 0 Å². The first-order valence-corrected chi connectivity index (χ1v) is 26.3. The van der Waals surface area contributed by atoms with Crippen LogP contribution in [0.4, 0.5) is 17.1 Å². The monoisotopic (exact) mass is 1100 g/mol. The van der Waals surface area contributed by atoms with Crippen LogP contribution >= 0.6 is 11.8 Å². The lowest BCUT2D eigenvalue weighted by atomic mass is 9.85. The highest BCUT2D eigenvalue weighted by atomic mass is 32.2. The van der Waals surface area contributed by atoms with E-state index in [9.17, 15) is 39.6 Å². The third kappa shape index (κ3) is 14.1. The summed E-state index contributed by atoms with van der Waals surface area (Å²) < 4.78 is 0. The van der Waals surface area contributed by atoms with Crippen LogP contribution in [0.5, 0.6) is 0 Å². The van der Waals surface area contributed by atoms with Gasteiger partial charge in [0.1, 0.15) is 0 Å². The Labute approximate surface area is 482 Å². The first-order valence-electron chi connectivity index (χ1n) is 25.1. The van der Waals surface area contributed by atoms with Gasteiger partial charge in [0.2, 0.25) is 0 Å². The van der Waals surface area contributed by atoms with Crippen LogP contribution in [0.3, 0.4) is 0 Å². The first kappa shape index (κ1) is 57.4. The molecule has 14 heteroatoms. The Morgan fingerprint density at radius 3 is 0.880 bits per heavy atom. The Morgan fingerprint density at radius 1 is 0.349 bits per heavy atom. The van der Waals surface area contributed by atoms with E-state index in [0.717, 1.165) is 49.8 Å². The van der Waals surface area contributed by atoms with Gasteiger partial charge in [-0.3, -0.25) is 19.2 Å². The number of thioether (sulfide) groups is 1. The van der Waals surface area contributed by atoms with Crippen LogP contribution in [0.15, 0.2) is 228 Å². The molecule has 8 rings (SSSR count). The summed E-state index contributed by atoms with van der Waals surface area (Å²) in [6, 6.07) is 62.5. The summed E-state index contributed by atoms with van der Waals surface area (Å²) >= 11 is 1.62. The lowest BCUT2D eigenvalue weighted by Crippen LogP contribution is -2.10. The number of carboxylic acid groups (broad SMARTS) is 4. The van der Waals surface area contributed by atoms with Crippen LogP contribution < -0.4 is 4.90 Å². The van der Waals surface area contributed by atoms with Gasteiger partial charge in [0.15, 0.2) is 0 Å². The van der Waals surface area contributed by atoms with E-state index in [4.69, 9.17) is 26.3 Å². The third-order valence-electron chi connectivity index (χ3n) is 12.9. The topological polar surface area (TPSA) is 170 Å². The molecule has 0 saturated heterocycles. The fourth-order valence-corrected chi connectivity index (χ4v) is 9.31. The zero-order valence-corrected chi connectivity index (χ0v) is 44.8. The molecule has 0 amide bonds. The number of rotatable bonds is 19. The van der Waals surface area contributed by atoms with Crippen molar-refractivity contribution in [3.8, 4) is 0 Å². The van der Waals surface area contributed by atoms with Gasteiger partial charge in [0, 0.05) is 22.0 Å². The van der Waals surface area contributed by atoms with Crippen molar-refractivity contribution in [2.24, 2.45) is 0 Å². The smallest absolute Gasteiger partial charge is 0.333 e. The predicted octanol–water partition coefficient (Wildman–Crippen LogP) is 15.9. The van der Waals surface area contributed by atoms with Gasteiger partial charge in [0.25, 0.3) is 22.8 Å². The Kier molecular flexibility index (Phi) is 18.5. The Balaban J connectivity index is 1.30. The number of nitrogens with zero attached hydrogens (tertiary/aromatic N) is 5. The second kappa shape index (κ2) is 26.7. The van der Waals surface area contributed by atoms with E-state index >= 15 is 0 Å². The second-order valence-electron chi connectivity index (χ2n) is 18.1. The summed E-state index contributed by atoms with van der Waals surface area (Å²) in [6.07, 6.45) is 9.25. The van der Waals surface area contributed by atoms with Crippen molar-refractivity contribution < 1.29 is 39.6 Å². The summed E-state index contributed by atoms with van der Waals surface area (Å²) in [5.41, 5.74) is 10.4. The molecule has 0 atom stereocenters. The van der Waals surface area contributed by atoms with E-state index in [1.165, 1.54) is 24.3 Å². The van der Waals surface area contributed by atoms with Crippen LogP contribution in [-0.2, 0) is 19.2 Å². The van der Waals surface area contributed by atoms with Crippen LogP contribution in [0, 0.1) is 26.3 Å². The van der Waals surface area contributed by atoms with E-state index in [0.29, 0.717) is 50.1 Å². The first-order chi connectivity index (χ1) is 40.2. The van der Waals surface area contributed by atoms with Gasteiger partial charge in [-0.25, -0.2) is 19.4 Å². The zero-order chi connectivity index (χ0) is 59.0. The number of hydrogen-bond donors (Lipinski definition) is 4. The van der Waals surface area contributed by atoms with Gasteiger partial charge >= 0.3 is 23.9 Å². The minimum absolute atomic E-state index is 0.392. The van der Waals surface area contributed by atoms with Gasteiger partial charge in [-0.1, -0.05) is 152 Å². The molecule has 0 heterocycles. The van der Waals surface area contributed by atoms with Gasteiger partial charge in [-0.2, -0.15) is 0 Å². The maximum absolute atomic E-state index is 11.9. The zero-order valence-electron chi connectivity index (χ0n) is 44.0. The predicted molar refractivity (Wildman–Crippen MR) is 326 cm³/mol. The molecule has 0 aliphatic rings. The lowest BCUT2D eigenvalue weighted by Gasteiger charge is -2.26. The summed E-state index contributed by atoms with van der Waals surface area (Å²) in [5.74, 6) is -5.42. The van der Waals surface area contributed by atoms with E-state index in [2.05, 4.69) is 30.4 Å². The minimum atomic E-state index is -1.37. The minimum Gasteiger partial charge on any atom is -0.486 e. The number of hydrogen-bond acceptors (Lipinski definition) is 6. The Bertz CT molecular complexity index is 4070. The largest absolute Gasteiger partial charge is 0.486 e. The molecule has 0 unspecified atom stereocenters. The molecule has 0 spiro atoms. The molecule has 13 nitrogen and oxygen atoms in total. The molecule has 0 bridgehead atoms. The number of benzene rings is 8. The van der Waals surface area contributed by atoms with Crippen molar-refractivity contribution >= 4 is 99.8 Å². The molecule has 0 fully saturated rings. The number of carboxylic acids is 4. The normalized spacial score (nSPS) is 11.7. The molecule has 0 aliphatic carbocycles. The highest BCUT2D eigenvalue weighted by molar-refractivity contribution is 7.98. The second-order valence-corrected chi connectivity index (χ2v) is 19.0. The fraction of sp³-hybridized carbons (Fsp3) is 0.0145. The highest BCUT2D eigenvalue weighted by Crippen LogP contribution is 2.41. The van der Waals surface area contributed by atoms with Gasteiger partial charge in [-0.15, -0.1) is 11.8 Å². The number of carbonyl (C=O) groups is 4. The van der Waals surface area contributed by atoms with Crippen LogP contribution in [-0.4, -0.2) is 50.6 Å². The standard InChI is InChI=1S/C69H45N5O8S/c1-70-60(66(75)76)40-45-11-19-49(20-12-45)59(39-44-9-7-6-8-10-44)50-27-31-55(32-28-50)74(57-35-37-58(83-5)38-36-57)56-33-29-54(30-34-56)65(53-25-17-48(18-26-53)43-63(73-4)69(81)82)64(51-21-13-46(14-22-51)41-61(71-2)67(77)78)52-23-15-47(16-24-52)42-62(72-3)68(79)80/h6-43H,5H3,(H,75,76)(H,77,78)(H,79,80)(H,81,82)/b59-39-,60-40-,61-41-,62-42-,63-43-. The molecule has 4 N–H and O–H groups in total. The summed E-state index contributed by atoms with van der Waals surface area (Å²) in [5, 5.41) is 38.4. The van der Waals surface area contributed by atoms with Crippen molar-refractivity contribution in [3.05, 3.63) is 330 Å². The quantitative estimate of drug-likeness (QED) is 0.0265. The van der Waals surface area contributed by atoms with Crippen LogP contribution in [0.2, 0.25) is 0 Å². The van der Waals surface area contributed by atoms with E-state index in [1.807, 2.05) is 134 Å². The van der Waals surface area contributed by atoms with E-state index in [-0.39, 0.29) is 0 Å². The molecule has 400 valence electrons. The third-order valence-corrected chi connectivity index (χ3v) is 13.7. The van der Waals surface area contributed by atoms with Gasteiger partial charge < -0.3 is 25.3 Å². The molecule has 0 saturated carbocycles. The molecule has 0 aromatic heterocycles. The molecular formula is C69H45N5O8S. The van der Waals surface area contributed by atoms with Gasteiger partial charge in [-0.05, 0) is 163 Å². The SMILES string of the molecule is [C-]#[N+]/C(=C\c1ccc(C(=C(c2ccc(/C=C(\[N+]#[C-])C(=O)O)cc2)c2ccc(N(c3ccc(SC)cc3)c3ccc(/C(=C\c4ccccc4)c4ccc(/C=C(\[N+]#[C-])C(=O)O)cc4)cc3)cc2)c2ccc(/C=C(\[N+]#[C-])C(=O)O)cc2)cc1)C(=O)O. The average molecular weight is 1100 g/mol. The maximum atomic E-state index is 11.9. The molecular weight excluding hydrogens is 1060 g/mol. The Hall–Kier alpha value is -11.8. The number of anilines is 3. The van der Waals surface area contributed by atoms with Crippen molar-refractivity contribution in [1.82, 2.24) is 0 Å². The van der Waals surface area contributed by atoms with Crippen LogP contribution in [0.1, 0.15) is 61.2 Å². The highest BCUT2D eigenvalue weighted by Gasteiger charge is 2.21. The van der Waals surface area contributed by atoms with Gasteiger partial charge in [0.05, 0.1) is 26.3 Å². The number of aliphatic carboxylic acids is 4. The molecule has 83 heavy (non-hydrogen) atoms. The summed E-state index contributed by atoms with van der Waals surface area (Å²) in [4.78, 5) is 62.9. The fourth-order valence-electron chi connectivity index (χ4n) is 8.90. The average Bonchev–Trinajstić information content (AvgIpc) is 3.70. The summed E-state index contributed by atoms with van der Waals surface area (Å²) in [7, 11) is 0. The van der Waals surface area contributed by atoms with E-state index < -0.39 is 46.7 Å².